The Bertz CT molecular complexity index is 599. The summed E-state index contributed by atoms with van der Waals surface area (Å²) >= 11 is 0. The monoisotopic (exact) mass is 287 g/mol. The van der Waals surface area contributed by atoms with Gasteiger partial charge in [-0.05, 0) is 55.2 Å². The van der Waals surface area contributed by atoms with Crippen LogP contribution in [0.1, 0.15) is 93.7 Å². The first kappa shape index (κ1) is 11.3. The van der Waals surface area contributed by atoms with Gasteiger partial charge in [-0.15, -0.1) is 0 Å². The van der Waals surface area contributed by atoms with Crippen molar-refractivity contribution in [3.05, 3.63) is 35.3 Å². The van der Waals surface area contributed by atoms with Crippen LogP contribution in [0.15, 0.2) is 24.2 Å². The second-order valence-corrected chi connectivity index (χ2v) is 6.32. The van der Waals surface area contributed by atoms with Crippen molar-refractivity contribution < 1.29 is 5.48 Å². The van der Waals surface area contributed by atoms with Gasteiger partial charge in [-0.25, -0.2) is 0 Å². The number of unbranched alkanes of at least 4 members (excludes halogenated alkanes) is 4. The fourth-order valence-electron chi connectivity index (χ4n) is 3.36. The molecule has 1 aliphatic carbocycles. The van der Waals surface area contributed by atoms with Gasteiger partial charge >= 0.3 is 0 Å². The van der Waals surface area contributed by atoms with Crippen LogP contribution in [-0.4, -0.2) is 0 Å². The van der Waals surface area contributed by atoms with Crippen molar-refractivity contribution in [2.24, 2.45) is 5.92 Å². The van der Waals surface area contributed by atoms with E-state index in [0.29, 0.717) is 5.56 Å². The van der Waals surface area contributed by atoms with Crippen LogP contribution in [0.25, 0.3) is 0 Å². The Morgan fingerprint density at radius 2 is 1.71 bits per heavy atom. The predicted molar refractivity (Wildman–Crippen MR) is 89.2 cm³/mol. The quantitative estimate of drug-likeness (QED) is 0.548. The van der Waals surface area contributed by atoms with Gasteiger partial charge in [-0.1, -0.05) is 57.5 Å². The van der Waals surface area contributed by atoms with E-state index >= 15 is 0 Å². The summed E-state index contributed by atoms with van der Waals surface area (Å²) in [5, 5.41) is 9.06. The third-order valence-electron chi connectivity index (χ3n) is 4.73. The van der Waals surface area contributed by atoms with Gasteiger partial charge in [-0.2, -0.15) is 5.26 Å². The highest BCUT2D eigenvalue weighted by Crippen LogP contribution is 2.37. The van der Waals surface area contributed by atoms with Crippen molar-refractivity contribution in [1.82, 2.24) is 0 Å². The van der Waals surface area contributed by atoms with Crippen LogP contribution in [0, 0.1) is 17.2 Å². The molecule has 0 saturated heterocycles. The largest absolute Gasteiger partial charge is 0.192 e. The molecule has 0 N–H and O–H groups in total. The van der Waals surface area contributed by atoms with Crippen LogP contribution in [0.3, 0.4) is 0 Å². The molecule has 0 atom stereocenters. The molecule has 0 spiro atoms. The van der Waals surface area contributed by atoms with Crippen LogP contribution in [0.4, 0.5) is 0 Å². The zero-order valence-corrected chi connectivity index (χ0v) is 13.2. The minimum absolute atomic E-state index is 0.0134. The van der Waals surface area contributed by atoms with Gasteiger partial charge in [0.15, 0.2) is 0 Å². The molecule has 0 aliphatic heterocycles. The Kier molecular flexibility index (Phi) is 4.78. The smallest absolute Gasteiger partial charge is 0.0991 e. The molecular formula is C20H29N. The molecule has 0 unspecified atom stereocenters. The van der Waals surface area contributed by atoms with Crippen molar-refractivity contribution >= 4 is 0 Å². The van der Waals surface area contributed by atoms with E-state index in [1.165, 1.54) is 38.5 Å². The molecule has 1 aliphatic rings. The van der Waals surface area contributed by atoms with Crippen molar-refractivity contribution in [2.75, 3.05) is 0 Å². The Morgan fingerprint density at radius 1 is 1.05 bits per heavy atom. The first-order valence-corrected chi connectivity index (χ1v) is 8.51. The number of rotatable bonds is 7. The maximum atomic E-state index is 9.06. The zero-order chi connectivity index (χ0) is 18.4. The molecule has 1 saturated carbocycles. The Labute approximate surface area is 136 Å². The summed E-state index contributed by atoms with van der Waals surface area (Å²) in [4.78, 5) is 0. The molecule has 1 nitrogen and oxygen atoms in total. The van der Waals surface area contributed by atoms with Gasteiger partial charge in [0.25, 0.3) is 0 Å². The molecule has 0 bridgehead atoms. The first-order valence-electron chi connectivity index (χ1n) is 10.5. The van der Waals surface area contributed by atoms with Crippen LogP contribution in [0.2, 0.25) is 0 Å². The van der Waals surface area contributed by atoms with Crippen LogP contribution >= 0.6 is 0 Å². The van der Waals surface area contributed by atoms with Crippen LogP contribution < -0.4 is 0 Å². The SMILES string of the molecule is [2H]c1c([2H])c(C2CCC(CCCCCCC)CC2)c([2H])c([2H])c1C#N. The minimum atomic E-state index is -0.184. The maximum absolute atomic E-state index is 9.06. The molecule has 0 aromatic heterocycles. The topological polar surface area (TPSA) is 23.8 Å². The van der Waals surface area contributed by atoms with Crippen molar-refractivity contribution in [3.8, 4) is 6.07 Å². The highest BCUT2D eigenvalue weighted by molar-refractivity contribution is 5.33. The average molecular weight is 287 g/mol. The van der Waals surface area contributed by atoms with Crippen LogP contribution in [-0.2, 0) is 0 Å². The number of benzene rings is 1. The van der Waals surface area contributed by atoms with E-state index in [-0.39, 0.29) is 35.7 Å². The lowest BCUT2D eigenvalue weighted by Crippen LogP contribution is -2.13. The summed E-state index contributed by atoms with van der Waals surface area (Å²) in [5.74, 6) is 0.836. The zero-order valence-electron chi connectivity index (χ0n) is 17.2. The van der Waals surface area contributed by atoms with Crippen molar-refractivity contribution in [3.63, 3.8) is 0 Å². The molecule has 1 fully saturated rings. The van der Waals surface area contributed by atoms with Gasteiger partial charge in [0, 0.05) is 0 Å². The first-order chi connectivity index (χ1) is 12.0. The van der Waals surface area contributed by atoms with Crippen LogP contribution in [0.5, 0.6) is 0 Å². The summed E-state index contributed by atoms with van der Waals surface area (Å²) in [5.41, 5.74) is 0.384. The highest BCUT2D eigenvalue weighted by Gasteiger charge is 2.21. The van der Waals surface area contributed by atoms with E-state index in [0.717, 1.165) is 31.6 Å². The van der Waals surface area contributed by atoms with Crippen molar-refractivity contribution in [2.45, 2.75) is 77.0 Å². The molecule has 0 amide bonds. The summed E-state index contributed by atoms with van der Waals surface area (Å²) in [7, 11) is 0. The normalized spacial score (nSPS) is 24.6. The molecule has 1 aromatic rings. The third-order valence-corrected chi connectivity index (χ3v) is 4.73. The second kappa shape index (κ2) is 8.88. The number of hydrogen-bond donors (Lipinski definition) is 0. The summed E-state index contributed by atoms with van der Waals surface area (Å²) in [6, 6.07) is 1.41. The highest BCUT2D eigenvalue weighted by atomic mass is 14.3. The predicted octanol–water partition coefficient (Wildman–Crippen LogP) is 6.19. The molecule has 114 valence electrons. The van der Waals surface area contributed by atoms with Gasteiger partial charge < -0.3 is 0 Å². The lowest BCUT2D eigenvalue weighted by molar-refractivity contribution is 0.302. The van der Waals surface area contributed by atoms with E-state index in [2.05, 4.69) is 6.92 Å². The summed E-state index contributed by atoms with van der Waals surface area (Å²) in [6.07, 6.45) is 11.9. The minimum Gasteiger partial charge on any atom is -0.192 e. The van der Waals surface area contributed by atoms with Crippen molar-refractivity contribution in [1.29, 1.82) is 5.26 Å². The average Bonchev–Trinajstić information content (AvgIpc) is 2.62. The number of hydrogen-bond acceptors (Lipinski definition) is 1. The standard InChI is InChI=1S/C20H29N/c1-2-3-4-5-6-7-17-8-12-19(13-9-17)20-14-10-18(16-21)11-15-20/h10-11,14-15,17,19H,2-9,12-13H2,1H3/i10D,11D,14D,15D. The Hall–Kier alpha value is -1.29. The van der Waals surface area contributed by atoms with E-state index in [9.17, 15) is 0 Å². The Balaban J connectivity index is 1.98. The van der Waals surface area contributed by atoms with E-state index in [4.69, 9.17) is 10.7 Å². The molecule has 1 aromatic carbocycles. The maximum Gasteiger partial charge on any atom is 0.0991 e. The summed E-state index contributed by atoms with van der Waals surface area (Å²) in [6.45, 7) is 2.23. The molecule has 0 radical (unpaired) electrons. The second-order valence-electron chi connectivity index (χ2n) is 6.32. The third kappa shape index (κ3) is 5.20. The lowest BCUT2D eigenvalue weighted by atomic mass is 9.77. The molecule has 1 heteroatoms. The molecule has 2 rings (SSSR count). The number of nitriles is 1. The fourth-order valence-corrected chi connectivity index (χ4v) is 3.36. The van der Waals surface area contributed by atoms with Gasteiger partial charge in [0.1, 0.15) is 0 Å². The van der Waals surface area contributed by atoms with Gasteiger partial charge in [-0.3, -0.25) is 0 Å². The molecule has 21 heavy (non-hydrogen) atoms. The molecule has 0 heterocycles. The lowest BCUT2D eigenvalue weighted by Gasteiger charge is -2.29. The van der Waals surface area contributed by atoms with Gasteiger partial charge in [0.05, 0.1) is 17.1 Å². The summed E-state index contributed by atoms with van der Waals surface area (Å²) < 4.78 is 32.3. The van der Waals surface area contributed by atoms with Gasteiger partial charge in [0.2, 0.25) is 0 Å². The van der Waals surface area contributed by atoms with E-state index in [1.807, 2.05) is 0 Å². The fraction of sp³-hybridized carbons (Fsp3) is 0.650. The Morgan fingerprint density at radius 3 is 2.33 bits per heavy atom. The van der Waals surface area contributed by atoms with E-state index in [1.54, 1.807) is 6.07 Å². The molecular weight excluding hydrogens is 254 g/mol. The van der Waals surface area contributed by atoms with E-state index < -0.39 is 0 Å². The number of nitrogens with zero attached hydrogens (tertiary/aromatic N) is 1.